The van der Waals surface area contributed by atoms with E-state index >= 15 is 0 Å². The van der Waals surface area contributed by atoms with E-state index in [1.165, 1.54) is 12.4 Å². The summed E-state index contributed by atoms with van der Waals surface area (Å²) in [6.45, 7) is -0.00962. The van der Waals surface area contributed by atoms with Gasteiger partial charge < -0.3 is 5.11 Å². The molecular weight excluding hydrogens is 290 g/mol. The maximum absolute atomic E-state index is 12.2. The van der Waals surface area contributed by atoms with E-state index in [1.54, 1.807) is 0 Å². The highest BCUT2D eigenvalue weighted by Gasteiger charge is 2.29. The zero-order chi connectivity index (χ0) is 13.9. The van der Waals surface area contributed by atoms with Gasteiger partial charge in [0.05, 0.1) is 12.4 Å². The Balaban J connectivity index is 2.14. The van der Waals surface area contributed by atoms with Gasteiger partial charge in [-0.2, -0.15) is 0 Å². The molecule has 1 saturated carbocycles. The molecule has 1 aromatic heterocycles. The summed E-state index contributed by atoms with van der Waals surface area (Å²) < 4.78 is 26.9. The van der Waals surface area contributed by atoms with Crippen molar-refractivity contribution in [3.63, 3.8) is 0 Å². The fraction of sp³-hybridized carbons (Fsp3) is 0.636. The van der Waals surface area contributed by atoms with Crippen molar-refractivity contribution in [2.45, 2.75) is 36.6 Å². The monoisotopic (exact) mass is 305 g/mol. The largest absolute Gasteiger partial charge is 0.396 e. The lowest BCUT2D eigenvalue weighted by Crippen LogP contribution is -2.43. The third-order valence-corrected chi connectivity index (χ3v) is 5.00. The predicted octanol–water partition coefficient (Wildman–Crippen LogP) is 0.959. The number of hydrogen-bond acceptors (Lipinski definition) is 5. The second kappa shape index (κ2) is 6.13. The van der Waals surface area contributed by atoms with Crippen LogP contribution in [0.2, 0.25) is 5.28 Å². The number of aromatic nitrogens is 2. The van der Waals surface area contributed by atoms with E-state index in [-0.39, 0.29) is 28.7 Å². The molecule has 0 radical (unpaired) electrons. The van der Waals surface area contributed by atoms with E-state index < -0.39 is 10.0 Å². The molecule has 6 nitrogen and oxygen atoms in total. The highest BCUT2D eigenvalue weighted by Crippen LogP contribution is 2.25. The van der Waals surface area contributed by atoms with Crippen molar-refractivity contribution in [3.05, 3.63) is 17.7 Å². The van der Waals surface area contributed by atoms with Crippen LogP contribution in [0.5, 0.6) is 0 Å². The van der Waals surface area contributed by atoms with Crippen molar-refractivity contribution in [2.75, 3.05) is 6.61 Å². The van der Waals surface area contributed by atoms with Crippen LogP contribution in [0.4, 0.5) is 0 Å². The van der Waals surface area contributed by atoms with Crippen LogP contribution in [0, 0.1) is 5.92 Å². The Morgan fingerprint density at radius 3 is 2.58 bits per heavy atom. The van der Waals surface area contributed by atoms with Crippen molar-refractivity contribution in [3.8, 4) is 0 Å². The summed E-state index contributed by atoms with van der Waals surface area (Å²) in [5, 5.41) is 9.29. The summed E-state index contributed by atoms with van der Waals surface area (Å²) in [4.78, 5) is 7.31. The molecule has 2 unspecified atom stereocenters. The molecule has 2 rings (SSSR count). The Labute approximate surface area is 117 Å². The van der Waals surface area contributed by atoms with Gasteiger partial charge in [0.15, 0.2) is 0 Å². The number of halogens is 1. The van der Waals surface area contributed by atoms with Gasteiger partial charge in [-0.05, 0) is 30.4 Å². The van der Waals surface area contributed by atoms with E-state index in [1.807, 2.05) is 0 Å². The molecule has 2 N–H and O–H groups in total. The van der Waals surface area contributed by atoms with Gasteiger partial charge in [0.25, 0.3) is 0 Å². The van der Waals surface area contributed by atoms with Gasteiger partial charge >= 0.3 is 0 Å². The van der Waals surface area contributed by atoms with E-state index in [0.29, 0.717) is 0 Å². The van der Waals surface area contributed by atoms with E-state index in [4.69, 9.17) is 11.6 Å². The normalized spacial score (nSPS) is 24.3. The minimum atomic E-state index is -3.66. The molecule has 19 heavy (non-hydrogen) atoms. The van der Waals surface area contributed by atoms with Crippen LogP contribution in [-0.2, 0) is 10.0 Å². The lowest BCUT2D eigenvalue weighted by Gasteiger charge is -2.30. The van der Waals surface area contributed by atoms with Crippen LogP contribution in [0.1, 0.15) is 25.7 Å². The van der Waals surface area contributed by atoms with Gasteiger partial charge in [0.2, 0.25) is 15.3 Å². The summed E-state index contributed by atoms with van der Waals surface area (Å²) in [5.74, 6) is -0.0308. The molecule has 1 aliphatic carbocycles. The van der Waals surface area contributed by atoms with Gasteiger partial charge in [-0.1, -0.05) is 12.8 Å². The van der Waals surface area contributed by atoms with E-state index in [0.717, 1.165) is 25.7 Å². The lowest BCUT2D eigenvalue weighted by atomic mass is 9.86. The molecule has 0 saturated heterocycles. The minimum Gasteiger partial charge on any atom is -0.396 e. The molecule has 0 aromatic carbocycles. The molecule has 106 valence electrons. The lowest BCUT2D eigenvalue weighted by molar-refractivity contribution is 0.164. The second-order valence-corrected chi connectivity index (χ2v) is 6.69. The quantitative estimate of drug-likeness (QED) is 0.808. The van der Waals surface area contributed by atoms with E-state index in [2.05, 4.69) is 14.7 Å². The molecule has 1 heterocycles. The number of sulfonamides is 1. The third kappa shape index (κ3) is 3.62. The Hall–Kier alpha value is -0.760. The van der Waals surface area contributed by atoms with Crippen molar-refractivity contribution < 1.29 is 13.5 Å². The smallest absolute Gasteiger partial charge is 0.243 e. The molecule has 0 bridgehead atoms. The molecule has 0 amide bonds. The van der Waals surface area contributed by atoms with Crippen LogP contribution in [0.25, 0.3) is 0 Å². The molecule has 1 aliphatic rings. The van der Waals surface area contributed by atoms with Crippen LogP contribution >= 0.6 is 11.6 Å². The first kappa shape index (κ1) is 14.6. The molecule has 0 spiro atoms. The summed E-state index contributed by atoms with van der Waals surface area (Å²) in [6, 6.07) is -0.237. The first-order valence-electron chi connectivity index (χ1n) is 6.13. The van der Waals surface area contributed by atoms with Gasteiger partial charge in [-0.25, -0.2) is 23.1 Å². The summed E-state index contributed by atoms with van der Waals surface area (Å²) in [5.41, 5.74) is 0. The second-order valence-electron chi connectivity index (χ2n) is 4.64. The average molecular weight is 306 g/mol. The molecule has 0 aliphatic heterocycles. The van der Waals surface area contributed by atoms with Gasteiger partial charge in [-0.3, -0.25) is 0 Å². The third-order valence-electron chi connectivity index (χ3n) is 3.36. The fourth-order valence-electron chi connectivity index (χ4n) is 2.29. The minimum absolute atomic E-state index is 0.00449. The topological polar surface area (TPSA) is 92.2 Å². The number of aliphatic hydroxyl groups is 1. The van der Waals surface area contributed by atoms with Crippen molar-refractivity contribution in [1.29, 1.82) is 0 Å². The maximum atomic E-state index is 12.2. The Morgan fingerprint density at radius 1 is 1.32 bits per heavy atom. The van der Waals surface area contributed by atoms with Crippen molar-refractivity contribution in [1.82, 2.24) is 14.7 Å². The van der Waals surface area contributed by atoms with Gasteiger partial charge in [0, 0.05) is 12.6 Å². The van der Waals surface area contributed by atoms with Crippen molar-refractivity contribution >= 4 is 21.6 Å². The average Bonchev–Trinajstić information content (AvgIpc) is 2.39. The summed E-state index contributed by atoms with van der Waals surface area (Å²) in [7, 11) is -3.66. The first-order chi connectivity index (χ1) is 9.03. The van der Waals surface area contributed by atoms with E-state index in [9.17, 15) is 13.5 Å². The number of aliphatic hydroxyl groups excluding tert-OH is 1. The fourth-order valence-corrected chi connectivity index (χ4v) is 3.61. The SMILES string of the molecule is O=S(=O)(NC1CCCCC1CO)c1cnc(Cl)nc1. The zero-order valence-electron chi connectivity index (χ0n) is 10.3. The zero-order valence-corrected chi connectivity index (χ0v) is 11.9. The summed E-state index contributed by atoms with van der Waals surface area (Å²) in [6.07, 6.45) is 5.90. The Morgan fingerprint density at radius 2 is 1.95 bits per heavy atom. The Kier molecular flexibility index (Phi) is 4.72. The highest BCUT2D eigenvalue weighted by atomic mass is 35.5. The Bertz CT molecular complexity index is 520. The van der Waals surface area contributed by atoms with Crippen LogP contribution in [0.3, 0.4) is 0 Å². The number of nitrogens with zero attached hydrogens (tertiary/aromatic N) is 2. The van der Waals surface area contributed by atoms with Crippen LogP contribution in [-0.4, -0.2) is 36.1 Å². The molecule has 8 heteroatoms. The number of hydrogen-bond donors (Lipinski definition) is 2. The summed E-state index contributed by atoms with van der Waals surface area (Å²) >= 11 is 5.53. The molecular formula is C11H16ClN3O3S. The molecule has 1 aromatic rings. The van der Waals surface area contributed by atoms with Crippen molar-refractivity contribution in [2.24, 2.45) is 5.92 Å². The predicted molar refractivity (Wildman–Crippen MR) is 70.2 cm³/mol. The highest BCUT2D eigenvalue weighted by molar-refractivity contribution is 7.89. The molecule has 1 fully saturated rings. The number of rotatable bonds is 4. The van der Waals surface area contributed by atoms with Gasteiger partial charge in [0.1, 0.15) is 4.90 Å². The first-order valence-corrected chi connectivity index (χ1v) is 8.00. The van der Waals surface area contributed by atoms with Crippen LogP contribution < -0.4 is 4.72 Å². The van der Waals surface area contributed by atoms with Crippen LogP contribution in [0.15, 0.2) is 17.3 Å². The van der Waals surface area contributed by atoms with Gasteiger partial charge in [-0.15, -0.1) is 0 Å². The molecule has 2 atom stereocenters. The standard InChI is InChI=1S/C11H16ClN3O3S/c12-11-13-5-9(6-14-11)19(17,18)15-10-4-2-1-3-8(10)7-16/h5-6,8,10,15-16H,1-4,7H2. The number of nitrogens with one attached hydrogen (secondary N) is 1. The maximum Gasteiger partial charge on any atom is 0.243 e.